The Balaban J connectivity index is 1.47. The summed E-state index contributed by atoms with van der Waals surface area (Å²) in [6, 6.07) is 15.5. The predicted octanol–water partition coefficient (Wildman–Crippen LogP) is 3.09. The van der Waals surface area contributed by atoms with Crippen molar-refractivity contribution in [2.45, 2.75) is 45.2 Å². The highest BCUT2D eigenvalue weighted by Gasteiger charge is 2.17. The third-order valence-corrected chi connectivity index (χ3v) is 5.17. The van der Waals surface area contributed by atoms with Crippen molar-refractivity contribution in [3.05, 3.63) is 75.8 Å². The molecule has 2 heterocycles. The number of fused-ring (bicyclic) bond motifs is 2. The topological polar surface area (TPSA) is 64.0 Å². The Bertz CT molecular complexity index is 1040. The molecule has 0 aliphatic carbocycles. The standard InChI is InChI=1S/C22H23N3O2/c1-15(9-10-16-6-3-2-4-7-16)23-21(26)17-11-12-18-19(14-17)24-20-8-5-13-25(20)22(18)27/h2-4,6-7,11-12,14-15H,5,8-10,13H2,1H3,(H,23,26). The van der Waals surface area contributed by atoms with E-state index in [2.05, 4.69) is 22.4 Å². The quantitative estimate of drug-likeness (QED) is 0.759. The number of hydrogen-bond donors (Lipinski definition) is 1. The summed E-state index contributed by atoms with van der Waals surface area (Å²) in [5.74, 6) is 0.696. The largest absolute Gasteiger partial charge is 0.350 e. The monoisotopic (exact) mass is 361 g/mol. The van der Waals surface area contributed by atoms with Crippen molar-refractivity contribution in [1.82, 2.24) is 14.9 Å². The van der Waals surface area contributed by atoms with Crippen LogP contribution in [0, 0.1) is 0 Å². The van der Waals surface area contributed by atoms with E-state index in [4.69, 9.17) is 0 Å². The minimum atomic E-state index is -0.125. The van der Waals surface area contributed by atoms with Gasteiger partial charge in [0.15, 0.2) is 0 Å². The zero-order valence-corrected chi connectivity index (χ0v) is 15.4. The van der Waals surface area contributed by atoms with Gasteiger partial charge in [-0.25, -0.2) is 4.98 Å². The summed E-state index contributed by atoms with van der Waals surface area (Å²) in [6.07, 6.45) is 3.56. The molecule has 5 nitrogen and oxygen atoms in total. The van der Waals surface area contributed by atoms with Gasteiger partial charge >= 0.3 is 0 Å². The van der Waals surface area contributed by atoms with E-state index in [0.29, 0.717) is 16.5 Å². The smallest absolute Gasteiger partial charge is 0.261 e. The van der Waals surface area contributed by atoms with Crippen LogP contribution in [0.4, 0.5) is 0 Å². The predicted molar refractivity (Wildman–Crippen MR) is 106 cm³/mol. The van der Waals surface area contributed by atoms with Gasteiger partial charge in [0.25, 0.3) is 11.5 Å². The van der Waals surface area contributed by atoms with Crippen LogP contribution in [0.25, 0.3) is 10.9 Å². The number of benzene rings is 2. The lowest BCUT2D eigenvalue weighted by molar-refractivity contribution is 0.0938. The number of amides is 1. The Kier molecular flexibility index (Phi) is 4.75. The molecule has 138 valence electrons. The minimum Gasteiger partial charge on any atom is -0.350 e. The molecule has 1 unspecified atom stereocenters. The van der Waals surface area contributed by atoms with Crippen molar-refractivity contribution >= 4 is 16.8 Å². The lowest BCUT2D eigenvalue weighted by Crippen LogP contribution is -2.33. The molecule has 1 atom stereocenters. The van der Waals surface area contributed by atoms with Crippen LogP contribution in [-0.2, 0) is 19.4 Å². The van der Waals surface area contributed by atoms with E-state index in [1.54, 1.807) is 22.8 Å². The number of hydrogen-bond acceptors (Lipinski definition) is 3. The van der Waals surface area contributed by atoms with Crippen molar-refractivity contribution in [3.63, 3.8) is 0 Å². The summed E-state index contributed by atoms with van der Waals surface area (Å²) in [4.78, 5) is 29.7. The number of rotatable bonds is 5. The first kappa shape index (κ1) is 17.5. The van der Waals surface area contributed by atoms with Gasteiger partial charge in [0.1, 0.15) is 5.82 Å². The molecule has 3 aromatic rings. The minimum absolute atomic E-state index is 0.00399. The Hall–Kier alpha value is -2.95. The van der Waals surface area contributed by atoms with E-state index >= 15 is 0 Å². The molecule has 0 saturated carbocycles. The van der Waals surface area contributed by atoms with Crippen LogP contribution in [0.3, 0.4) is 0 Å². The summed E-state index contributed by atoms with van der Waals surface area (Å²) in [6.45, 7) is 2.75. The van der Waals surface area contributed by atoms with Crippen LogP contribution in [0.2, 0.25) is 0 Å². The van der Waals surface area contributed by atoms with E-state index in [1.807, 2.05) is 25.1 Å². The average molecular weight is 361 g/mol. The molecule has 0 spiro atoms. The van der Waals surface area contributed by atoms with Crippen molar-refractivity contribution in [2.75, 3.05) is 0 Å². The molecule has 0 saturated heterocycles. The van der Waals surface area contributed by atoms with Gasteiger partial charge in [-0.05, 0) is 49.9 Å². The van der Waals surface area contributed by atoms with Gasteiger partial charge in [0.2, 0.25) is 0 Å². The Morgan fingerprint density at radius 3 is 2.85 bits per heavy atom. The first-order valence-corrected chi connectivity index (χ1v) is 9.50. The highest BCUT2D eigenvalue weighted by Crippen LogP contribution is 2.16. The Morgan fingerprint density at radius 2 is 2.04 bits per heavy atom. The molecule has 5 heteroatoms. The summed E-state index contributed by atoms with van der Waals surface area (Å²) in [5.41, 5.74) is 2.42. The van der Waals surface area contributed by atoms with E-state index in [9.17, 15) is 9.59 Å². The van der Waals surface area contributed by atoms with Crippen LogP contribution in [0.5, 0.6) is 0 Å². The summed E-state index contributed by atoms with van der Waals surface area (Å²) < 4.78 is 1.74. The van der Waals surface area contributed by atoms with E-state index in [-0.39, 0.29) is 17.5 Å². The molecule has 1 aliphatic rings. The van der Waals surface area contributed by atoms with Crippen LogP contribution in [0.1, 0.15) is 41.5 Å². The van der Waals surface area contributed by atoms with Gasteiger partial charge in [0, 0.05) is 24.6 Å². The molecule has 1 aromatic heterocycles. The summed E-state index contributed by atoms with van der Waals surface area (Å²) in [7, 11) is 0. The molecule has 2 aromatic carbocycles. The van der Waals surface area contributed by atoms with E-state index in [0.717, 1.165) is 38.1 Å². The second-order valence-electron chi connectivity index (χ2n) is 7.22. The zero-order valence-electron chi connectivity index (χ0n) is 15.4. The number of nitrogens with one attached hydrogen (secondary N) is 1. The lowest BCUT2D eigenvalue weighted by Gasteiger charge is -2.14. The van der Waals surface area contributed by atoms with E-state index in [1.165, 1.54) is 5.56 Å². The fourth-order valence-corrected chi connectivity index (χ4v) is 3.63. The first-order valence-electron chi connectivity index (χ1n) is 9.50. The molecule has 1 N–H and O–H groups in total. The maximum Gasteiger partial charge on any atom is 0.261 e. The van der Waals surface area contributed by atoms with Gasteiger partial charge < -0.3 is 5.32 Å². The second kappa shape index (κ2) is 7.35. The van der Waals surface area contributed by atoms with Gasteiger partial charge in [-0.1, -0.05) is 30.3 Å². The van der Waals surface area contributed by atoms with Crippen molar-refractivity contribution in [3.8, 4) is 0 Å². The van der Waals surface area contributed by atoms with Crippen molar-refractivity contribution < 1.29 is 4.79 Å². The van der Waals surface area contributed by atoms with Crippen LogP contribution >= 0.6 is 0 Å². The SMILES string of the molecule is CC(CCc1ccccc1)NC(=O)c1ccc2c(=O)n3c(nc2c1)CCC3. The number of nitrogens with zero attached hydrogens (tertiary/aromatic N) is 2. The van der Waals surface area contributed by atoms with Crippen LogP contribution in [0.15, 0.2) is 53.3 Å². The maximum atomic E-state index is 12.6. The number of carbonyl (C=O) groups is 1. The fraction of sp³-hybridized carbons (Fsp3) is 0.318. The number of aryl methyl sites for hydroxylation is 2. The molecular weight excluding hydrogens is 338 g/mol. The lowest BCUT2D eigenvalue weighted by atomic mass is 10.1. The summed E-state index contributed by atoms with van der Waals surface area (Å²) in [5, 5.41) is 3.63. The molecule has 27 heavy (non-hydrogen) atoms. The maximum absolute atomic E-state index is 12.6. The average Bonchev–Trinajstić information content (AvgIpc) is 3.16. The zero-order chi connectivity index (χ0) is 18.8. The molecule has 1 aliphatic heterocycles. The van der Waals surface area contributed by atoms with Crippen LogP contribution < -0.4 is 10.9 Å². The number of carbonyl (C=O) groups excluding carboxylic acids is 1. The van der Waals surface area contributed by atoms with Crippen molar-refractivity contribution in [1.29, 1.82) is 0 Å². The van der Waals surface area contributed by atoms with Crippen LogP contribution in [-0.4, -0.2) is 21.5 Å². The molecular formula is C22H23N3O2. The molecule has 0 bridgehead atoms. The third kappa shape index (κ3) is 3.63. The summed E-state index contributed by atoms with van der Waals surface area (Å²) >= 11 is 0. The molecule has 1 amide bonds. The highest BCUT2D eigenvalue weighted by molar-refractivity contribution is 5.97. The van der Waals surface area contributed by atoms with Gasteiger partial charge in [-0.3, -0.25) is 14.2 Å². The van der Waals surface area contributed by atoms with Crippen molar-refractivity contribution in [2.24, 2.45) is 0 Å². The third-order valence-electron chi connectivity index (χ3n) is 5.17. The first-order chi connectivity index (χ1) is 13.1. The van der Waals surface area contributed by atoms with Gasteiger partial charge in [-0.15, -0.1) is 0 Å². The molecule has 0 fully saturated rings. The Labute approximate surface area is 158 Å². The normalized spacial score (nSPS) is 14.1. The second-order valence-corrected chi connectivity index (χ2v) is 7.22. The molecule has 0 radical (unpaired) electrons. The fourth-order valence-electron chi connectivity index (χ4n) is 3.63. The van der Waals surface area contributed by atoms with E-state index < -0.39 is 0 Å². The van der Waals surface area contributed by atoms with Gasteiger partial charge in [0.05, 0.1) is 10.9 Å². The highest BCUT2D eigenvalue weighted by atomic mass is 16.1. The Morgan fingerprint density at radius 1 is 1.22 bits per heavy atom. The number of aromatic nitrogens is 2. The van der Waals surface area contributed by atoms with Gasteiger partial charge in [-0.2, -0.15) is 0 Å². The molecule has 4 rings (SSSR count).